The number of amides is 1. The number of aliphatic hydroxyl groups excluding tert-OH is 1. The van der Waals surface area contributed by atoms with E-state index >= 15 is 0 Å². The lowest BCUT2D eigenvalue weighted by Crippen LogP contribution is -2.30. The van der Waals surface area contributed by atoms with Crippen molar-refractivity contribution in [1.29, 1.82) is 0 Å². The van der Waals surface area contributed by atoms with Crippen LogP contribution < -0.4 is 9.64 Å². The highest BCUT2D eigenvalue weighted by molar-refractivity contribution is 7.10. The third kappa shape index (κ3) is 3.41. The van der Waals surface area contributed by atoms with Crippen LogP contribution in [-0.4, -0.2) is 23.9 Å². The lowest BCUT2D eigenvalue weighted by atomic mass is 10.00. The van der Waals surface area contributed by atoms with Gasteiger partial charge >= 0.3 is 0 Å². The van der Waals surface area contributed by atoms with Crippen LogP contribution in [0.1, 0.15) is 27.0 Å². The minimum atomic E-state index is -0.820. The Labute approximate surface area is 198 Å². The molecule has 1 N–H and O–H groups in total. The normalized spacial score (nSPS) is 16.2. The van der Waals surface area contributed by atoms with Crippen molar-refractivity contribution in [2.75, 3.05) is 12.0 Å². The van der Waals surface area contributed by atoms with Gasteiger partial charge in [0.1, 0.15) is 6.04 Å². The Bertz CT molecular complexity index is 1440. The summed E-state index contributed by atoms with van der Waals surface area (Å²) in [4.78, 5) is 28.9. The van der Waals surface area contributed by atoms with Crippen LogP contribution >= 0.6 is 22.9 Å². The number of fused-ring (bicyclic) bond motifs is 1. The Morgan fingerprint density at radius 3 is 2.70 bits per heavy atom. The molecule has 1 unspecified atom stereocenters. The number of aliphatic hydroxyl groups is 1. The number of benzene rings is 2. The number of hydrogen-bond donors (Lipinski definition) is 1. The molecule has 0 aliphatic carbocycles. The molecule has 0 saturated heterocycles. The lowest BCUT2D eigenvalue weighted by Gasteiger charge is -2.26. The second kappa shape index (κ2) is 8.10. The van der Waals surface area contributed by atoms with E-state index in [1.807, 2.05) is 24.4 Å². The van der Waals surface area contributed by atoms with Crippen LogP contribution in [0.2, 0.25) is 5.02 Å². The van der Waals surface area contributed by atoms with Crippen molar-refractivity contribution in [3.05, 3.63) is 92.5 Å². The standard InChI is InChI=1S/C25H18ClNO5S/c1-13-8-9-15(12-16(13)26)27-21(19-7-4-10-33-19)20(23(29)25(27)30)22(28)18-11-14-5-3-6-17(31-2)24(14)32-18/h3-12,21,29H,1-2H3. The van der Waals surface area contributed by atoms with Crippen LogP contribution in [0.25, 0.3) is 11.0 Å². The summed E-state index contributed by atoms with van der Waals surface area (Å²) in [6.07, 6.45) is 0. The molecule has 4 aromatic rings. The predicted octanol–water partition coefficient (Wildman–Crippen LogP) is 6.25. The first-order valence-corrected chi connectivity index (χ1v) is 11.3. The summed E-state index contributed by atoms with van der Waals surface area (Å²) >= 11 is 7.69. The largest absolute Gasteiger partial charge is 0.503 e. The molecule has 166 valence electrons. The number of hydrogen-bond acceptors (Lipinski definition) is 6. The first kappa shape index (κ1) is 21.3. The summed E-state index contributed by atoms with van der Waals surface area (Å²) in [7, 11) is 1.51. The molecule has 0 bridgehead atoms. The monoisotopic (exact) mass is 479 g/mol. The van der Waals surface area contributed by atoms with Crippen LogP contribution in [-0.2, 0) is 4.79 Å². The summed E-state index contributed by atoms with van der Waals surface area (Å²) in [5, 5.41) is 13.9. The number of carbonyl (C=O) groups is 2. The summed E-state index contributed by atoms with van der Waals surface area (Å²) in [5.74, 6) is -1.36. The number of methoxy groups -OCH3 is 1. The van der Waals surface area contributed by atoms with Gasteiger partial charge in [-0.2, -0.15) is 0 Å². The van der Waals surface area contributed by atoms with E-state index in [2.05, 4.69) is 0 Å². The third-order valence-electron chi connectivity index (χ3n) is 5.65. The van der Waals surface area contributed by atoms with Crippen LogP contribution in [0.3, 0.4) is 0 Å². The molecular formula is C25H18ClNO5S. The van der Waals surface area contributed by atoms with E-state index in [-0.39, 0.29) is 11.3 Å². The van der Waals surface area contributed by atoms with Gasteiger partial charge in [0.15, 0.2) is 22.9 Å². The number of para-hydroxylation sites is 1. The molecule has 0 radical (unpaired) electrons. The molecule has 2 aromatic carbocycles. The fourth-order valence-corrected chi connectivity index (χ4v) is 4.99. The van der Waals surface area contributed by atoms with Crippen LogP contribution in [0, 0.1) is 6.92 Å². The van der Waals surface area contributed by atoms with Gasteiger partial charge in [-0.3, -0.25) is 14.5 Å². The maximum absolute atomic E-state index is 13.6. The Morgan fingerprint density at radius 1 is 1.18 bits per heavy atom. The highest BCUT2D eigenvalue weighted by Crippen LogP contribution is 2.44. The average Bonchev–Trinajstić information content (AvgIpc) is 3.54. The molecule has 0 fully saturated rings. The molecule has 3 heterocycles. The summed E-state index contributed by atoms with van der Waals surface area (Å²) in [6, 6.07) is 14.9. The van der Waals surface area contributed by atoms with Crippen molar-refractivity contribution in [2.45, 2.75) is 13.0 Å². The zero-order valence-corrected chi connectivity index (χ0v) is 19.2. The second-order valence-electron chi connectivity index (χ2n) is 7.61. The number of ether oxygens (including phenoxy) is 1. The number of halogens is 1. The summed E-state index contributed by atoms with van der Waals surface area (Å²) in [5.41, 5.74) is 1.71. The van der Waals surface area contributed by atoms with Crippen LogP contribution in [0.15, 0.2) is 75.7 Å². The molecule has 0 spiro atoms. The number of furan rings is 1. The molecule has 1 aliphatic rings. The molecule has 2 aromatic heterocycles. The molecule has 8 heteroatoms. The first-order valence-electron chi connectivity index (χ1n) is 10.1. The van der Waals surface area contributed by atoms with Gasteiger partial charge < -0.3 is 14.3 Å². The van der Waals surface area contributed by atoms with Crippen molar-refractivity contribution in [3.63, 3.8) is 0 Å². The number of rotatable bonds is 5. The van der Waals surface area contributed by atoms with Gasteiger partial charge in [-0.15, -0.1) is 11.3 Å². The maximum Gasteiger partial charge on any atom is 0.294 e. The van der Waals surface area contributed by atoms with Crippen molar-refractivity contribution in [1.82, 2.24) is 0 Å². The molecule has 1 atom stereocenters. The highest BCUT2D eigenvalue weighted by atomic mass is 35.5. The quantitative estimate of drug-likeness (QED) is 0.342. The second-order valence-corrected chi connectivity index (χ2v) is 8.99. The van der Waals surface area contributed by atoms with Gasteiger partial charge in [0.2, 0.25) is 5.78 Å². The molecule has 0 saturated carbocycles. The van der Waals surface area contributed by atoms with Gasteiger partial charge in [-0.1, -0.05) is 35.9 Å². The number of anilines is 1. The zero-order chi connectivity index (χ0) is 23.3. The Kier molecular flexibility index (Phi) is 5.23. The number of thiophene rings is 1. The van der Waals surface area contributed by atoms with E-state index in [0.717, 1.165) is 10.4 Å². The third-order valence-corrected chi connectivity index (χ3v) is 6.98. The minimum absolute atomic E-state index is 0.00851. The van der Waals surface area contributed by atoms with Crippen LogP contribution in [0.4, 0.5) is 5.69 Å². The maximum atomic E-state index is 13.6. The molecular weight excluding hydrogens is 462 g/mol. The van der Waals surface area contributed by atoms with E-state index in [1.165, 1.54) is 23.3 Å². The Balaban J connectivity index is 1.64. The lowest BCUT2D eigenvalue weighted by molar-refractivity contribution is -0.117. The minimum Gasteiger partial charge on any atom is -0.503 e. The fourth-order valence-electron chi connectivity index (χ4n) is 3.99. The number of Topliss-reactive ketones (excluding diaryl/α,β-unsaturated/α-hetero) is 1. The number of aryl methyl sites for hydroxylation is 1. The summed E-state index contributed by atoms with van der Waals surface area (Å²) < 4.78 is 11.1. The number of carbonyl (C=O) groups excluding carboxylic acids is 2. The average molecular weight is 480 g/mol. The smallest absolute Gasteiger partial charge is 0.294 e. The van der Waals surface area contributed by atoms with Crippen molar-refractivity contribution in [3.8, 4) is 5.75 Å². The van der Waals surface area contributed by atoms with E-state index in [1.54, 1.807) is 42.5 Å². The topological polar surface area (TPSA) is 80.0 Å². The highest BCUT2D eigenvalue weighted by Gasteiger charge is 2.46. The number of nitrogens with zero attached hydrogens (tertiary/aromatic N) is 1. The first-order chi connectivity index (χ1) is 15.9. The molecule has 1 amide bonds. The summed E-state index contributed by atoms with van der Waals surface area (Å²) in [6.45, 7) is 1.86. The van der Waals surface area contributed by atoms with Gasteiger partial charge in [-0.05, 0) is 48.2 Å². The van der Waals surface area contributed by atoms with Crippen LogP contribution in [0.5, 0.6) is 5.75 Å². The predicted molar refractivity (Wildman–Crippen MR) is 127 cm³/mol. The van der Waals surface area contributed by atoms with E-state index in [0.29, 0.717) is 27.4 Å². The molecule has 33 heavy (non-hydrogen) atoms. The Morgan fingerprint density at radius 2 is 2.00 bits per heavy atom. The van der Waals surface area contributed by atoms with Crippen molar-refractivity contribution >= 4 is 51.3 Å². The van der Waals surface area contributed by atoms with E-state index in [9.17, 15) is 14.7 Å². The fraction of sp³-hybridized carbons (Fsp3) is 0.120. The Hall–Kier alpha value is -3.55. The van der Waals surface area contributed by atoms with Crippen molar-refractivity contribution in [2.24, 2.45) is 0 Å². The van der Waals surface area contributed by atoms with Gasteiger partial charge in [-0.25, -0.2) is 0 Å². The number of ketones is 1. The van der Waals surface area contributed by atoms with Crippen molar-refractivity contribution < 1.29 is 23.8 Å². The molecule has 5 rings (SSSR count). The molecule has 1 aliphatic heterocycles. The molecule has 6 nitrogen and oxygen atoms in total. The zero-order valence-electron chi connectivity index (χ0n) is 17.7. The van der Waals surface area contributed by atoms with Gasteiger partial charge in [0.25, 0.3) is 5.91 Å². The van der Waals surface area contributed by atoms with Gasteiger partial charge in [0.05, 0.1) is 12.7 Å². The van der Waals surface area contributed by atoms with E-state index in [4.69, 9.17) is 20.8 Å². The SMILES string of the molecule is COc1cccc2cc(C(=O)C3=C(O)C(=O)N(c4ccc(C)c(Cl)c4)C3c3cccs3)oc12. The van der Waals surface area contributed by atoms with Gasteiger partial charge in [0, 0.05) is 21.0 Å². The van der Waals surface area contributed by atoms with E-state index < -0.39 is 23.5 Å².